The summed E-state index contributed by atoms with van der Waals surface area (Å²) in [6, 6.07) is 3.09. The average molecular weight is 495 g/mol. The molecular weight excluding hydrogens is 476 g/mol. The van der Waals surface area contributed by atoms with Crippen molar-refractivity contribution in [1.82, 2.24) is 24.7 Å². The number of nitrogens with zero attached hydrogens (tertiary/aromatic N) is 5. The van der Waals surface area contributed by atoms with E-state index in [2.05, 4.69) is 20.2 Å². The Kier molecular flexibility index (Phi) is 5.40. The number of pyridine rings is 3. The second-order valence-electron chi connectivity index (χ2n) is 8.61. The fourth-order valence-electron chi connectivity index (χ4n) is 3.60. The van der Waals surface area contributed by atoms with Crippen molar-refractivity contribution in [3.8, 4) is 34.4 Å². The molecule has 5 heterocycles. The molecule has 10 nitrogen and oxygen atoms in total. The van der Waals surface area contributed by atoms with E-state index in [1.54, 1.807) is 26.8 Å². The van der Waals surface area contributed by atoms with Crippen LogP contribution in [0.4, 0.5) is 8.78 Å². The molecule has 5 aromatic rings. The molecule has 0 aliphatic carbocycles. The van der Waals surface area contributed by atoms with E-state index in [1.807, 2.05) is 0 Å². The maximum Gasteiger partial charge on any atom is 0.293 e. The largest absolute Gasteiger partial charge is 0.445 e. The number of halogens is 2. The topological polar surface area (TPSA) is 129 Å². The number of aryl methyl sites for hydroxylation is 2. The van der Waals surface area contributed by atoms with E-state index in [9.17, 15) is 18.7 Å². The highest BCUT2D eigenvalue weighted by Crippen LogP contribution is 2.40. The quantitative estimate of drug-likeness (QED) is 0.380. The summed E-state index contributed by atoms with van der Waals surface area (Å²) in [5.74, 6) is -2.42. The summed E-state index contributed by atoms with van der Waals surface area (Å²) in [4.78, 5) is 20.5. The molecule has 184 valence electrons. The van der Waals surface area contributed by atoms with E-state index in [4.69, 9.17) is 13.6 Å². The molecule has 0 aromatic carbocycles. The summed E-state index contributed by atoms with van der Waals surface area (Å²) in [6.07, 6.45) is 4.45. The van der Waals surface area contributed by atoms with Gasteiger partial charge in [0.2, 0.25) is 23.1 Å². The van der Waals surface area contributed by atoms with Crippen LogP contribution >= 0.6 is 0 Å². The molecule has 0 aliphatic heterocycles. The van der Waals surface area contributed by atoms with E-state index >= 15 is 0 Å². The van der Waals surface area contributed by atoms with E-state index in [0.29, 0.717) is 22.4 Å². The molecular formula is C24H19F2N5O5. The molecule has 0 spiro atoms. The Morgan fingerprint density at radius 1 is 1.06 bits per heavy atom. The van der Waals surface area contributed by atoms with Gasteiger partial charge in [-0.3, -0.25) is 9.78 Å². The minimum absolute atomic E-state index is 0.0262. The third-order valence-corrected chi connectivity index (χ3v) is 5.45. The van der Waals surface area contributed by atoms with Gasteiger partial charge in [0.1, 0.15) is 0 Å². The fourth-order valence-corrected chi connectivity index (χ4v) is 3.60. The average Bonchev–Trinajstić information content (AvgIpc) is 3.45. The van der Waals surface area contributed by atoms with Crippen molar-refractivity contribution in [2.75, 3.05) is 0 Å². The minimum atomic E-state index is -1.31. The Balaban J connectivity index is 1.78. The Labute approximate surface area is 201 Å². The predicted molar refractivity (Wildman–Crippen MR) is 122 cm³/mol. The maximum atomic E-state index is 14.3. The normalized spacial score (nSPS) is 11.9. The zero-order chi connectivity index (χ0) is 25.8. The highest BCUT2D eigenvalue weighted by molar-refractivity contribution is 5.96. The van der Waals surface area contributed by atoms with Crippen LogP contribution in [-0.4, -0.2) is 29.8 Å². The van der Waals surface area contributed by atoms with Crippen molar-refractivity contribution >= 4 is 11.0 Å². The number of rotatable bonds is 5. The van der Waals surface area contributed by atoms with Gasteiger partial charge >= 0.3 is 0 Å². The maximum absolute atomic E-state index is 14.3. The molecule has 5 rings (SSSR count). The zero-order valence-corrected chi connectivity index (χ0v) is 19.5. The highest BCUT2D eigenvalue weighted by Gasteiger charge is 2.25. The van der Waals surface area contributed by atoms with Gasteiger partial charge in [0, 0.05) is 48.4 Å². The number of fused-ring (bicyclic) bond motifs is 1. The Morgan fingerprint density at radius 2 is 1.78 bits per heavy atom. The van der Waals surface area contributed by atoms with Gasteiger partial charge in [-0.25, -0.2) is 13.8 Å². The van der Waals surface area contributed by atoms with Gasteiger partial charge in [0.25, 0.3) is 11.4 Å². The molecule has 12 heteroatoms. The van der Waals surface area contributed by atoms with E-state index in [1.165, 1.54) is 30.1 Å². The Hall–Kier alpha value is -4.45. The Morgan fingerprint density at radius 3 is 2.42 bits per heavy atom. The lowest BCUT2D eigenvalue weighted by molar-refractivity contribution is 0.0782. The first-order valence-corrected chi connectivity index (χ1v) is 10.7. The molecule has 0 saturated carbocycles. The first kappa shape index (κ1) is 23.3. The van der Waals surface area contributed by atoms with Crippen LogP contribution in [0.15, 0.2) is 50.5 Å². The van der Waals surface area contributed by atoms with Crippen molar-refractivity contribution in [2.45, 2.75) is 26.4 Å². The van der Waals surface area contributed by atoms with Crippen LogP contribution in [0.5, 0.6) is 11.6 Å². The molecule has 5 aromatic heterocycles. The summed E-state index contributed by atoms with van der Waals surface area (Å²) < 4.78 is 46.7. The van der Waals surface area contributed by atoms with Crippen LogP contribution in [0.1, 0.15) is 25.3 Å². The van der Waals surface area contributed by atoms with Gasteiger partial charge in [0.05, 0.1) is 18.0 Å². The molecule has 1 N–H and O–H groups in total. The molecule has 0 saturated heterocycles. The number of aliphatic hydroxyl groups is 1. The van der Waals surface area contributed by atoms with Crippen LogP contribution in [-0.2, 0) is 12.6 Å². The lowest BCUT2D eigenvalue weighted by Crippen LogP contribution is -2.17. The number of ether oxygens (including phenoxy) is 1. The van der Waals surface area contributed by atoms with E-state index < -0.39 is 28.5 Å². The number of aromatic nitrogens is 5. The molecule has 0 radical (unpaired) electrons. The molecule has 0 fully saturated rings. The lowest BCUT2D eigenvalue weighted by Gasteiger charge is -2.20. The summed E-state index contributed by atoms with van der Waals surface area (Å²) in [6.45, 7) is 4.72. The van der Waals surface area contributed by atoms with Crippen LogP contribution in [0.2, 0.25) is 0 Å². The SMILES string of the molecule is Cc1nnc(-c2cc3c(-c4cc(C(C)(C)O)cnc4Oc4c(F)cncc4F)cn(C)c(=O)c3o2)o1. The van der Waals surface area contributed by atoms with Crippen LogP contribution < -0.4 is 10.3 Å². The van der Waals surface area contributed by atoms with Gasteiger partial charge in [-0.15, -0.1) is 10.2 Å². The van der Waals surface area contributed by atoms with Gasteiger partial charge < -0.3 is 23.2 Å². The number of hydrogen-bond acceptors (Lipinski definition) is 9. The van der Waals surface area contributed by atoms with Crippen LogP contribution in [0, 0.1) is 18.6 Å². The lowest BCUT2D eigenvalue weighted by atomic mass is 9.96. The van der Waals surface area contributed by atoms with Gasteiger partial charge in [-0.2, -0.15) is 0 Å². The summed E-state index contributed by atoms with van der Waals surface area (Å²) in [7, 11) is 1.51. The van der Waals surface area contributed by atoms with Gasteiger partial charge in [-0.1, -0.05) is 0 Å². The third-order valence-electron chi connectivity index (χ3n) is 5.45. The third kappa shape index (κ3) is 4.01. The van der Waals surface area contributed by atoms with Crippen molar-refractivity contribution in [3.05, 3.63) is 70.4 Å². The molecule has 0 bridgehead atoms. The molecule has 0 amide bonds. The van der Waals surface area contributed by atoms with Crippen molar-refractivity contribution in [2.24, 2.45) is 7.05 Å². The highest BCUT2D eigenvalue weighted by atomic mass is 19.1. The van der Waals surface area contributed by atoms with Crippen molar-refractivity contribution < 1.29 is 27.5 Å². The second-order valence-corrected chi connectivity index (χ2v) is 8.61. The van der Waals surface area contributed by atoms with E-state index in [-0.39, 0.29) is 28.7 Å². The summed E-state index contributed by atoms with van der Waals surface area (Å²) >= 11 is 0. The van der Waals surface area contributed by atoms with Crippen LogP contribution in [0.3, 0.4) is 0 Å². The van der Waals surface area contributed by atoms with Crippen molar-refractivity contribution in [1.29, 1.82) is 0 Å². The number of furan rings is 1. The molecule has 0 atom stereocenters. The first-order valence-electron chi connectivity index (χ1n) is 10.7. The van der Waals surface area contributed by atoms with E-state index in [0.717, 1.165) is 12.4 Å². The molecule has 0 aliphatic rings. The second kappa shape index (κ2) is 8.34. The van der Waals surface area contributed by atoms with Crippen LogP contribution in [0.25, 0.3) is 33.7 Å². The Bertz CT molecular complexity index is 1660. The fraction of sp³-hybridized carbons (Fsp3) is 0.208. The predicted octanol–water partition coefficient (Wildman–Crippen LogP) is 4.24. The molecule has 0 unspecified atom stereocenters. The molecule has 36 heavy (non-hydrogen) atoms. The minimum Gasteiger partial charge on any atom is -0.445 e. The first-order chi connectivity index (χ1) is 17.0. The van der Waals surface area contributed by atoms with Gasteiger partial charge in [0.15, 0.2) is 17.4 Å². The summed E-state index contributed by atoms with van der Waals surface area (Å²) in [5, 5.41) is 18.6. The summed E-state index contributed by atoms with van der Waals surface area (Å²) in [5.41, 5.74) is -0.783. The van der Waals surface area contributed by atoms with Gasteiger partial charge in [-0.05, 0) is 26.0 Å². The standard InChI is InChI=1S/C24H19F2N5O5/c1-11-29-30-22(34-11)18-6-13-15(10-31(4)23(32)19(13)35-18)14-5-12(24(2,3)33)7-28-21(14)36-20-16(25)8-27-9-17(20)26/h5-10,33H,1-4H3. The monoisotopic (exact) mass is 495 g/mol. The number of hydrogen-bond donors (Lipinski definition) is 1. The van der Waals surface area contributed by atoms with Crippen molar-refractivity contribution in [3.63, 3.8) is 0 Å². The zero-order valence-electron chi connectivity index (χ0n) is 19.5. The smallest absolute Gasteiger partial charge is 0.293 e.